The maximum absolute atomic E-state index is 12.2. The highest BCUT2D eigenvalue weighted by Crippen LogP contribution is 2.12. The summed E-state index contributed by atoms with van der Waals surface area (Å²) < 4.78 is 5.14. The molecule has 0 saturated heterocycles. The lowest BCUT2D eigenvalue weighted by Crippen LogP contribution is -2.53. The van der Waals surface area contributed by atoms with Crippen molar-refractivity contribution >= 4 is 17.7 Å². The van der Waals surface area contributed by atoms with E-state index in [9.17, 15) is 9.59 Å². The van der Waals surface area contributed by atoms with E-state index in [0.29, 0.717) is 5.69 Å². The number of alkyl carbamates (subject to hydrolysis) is 1. The fourth-order valence-corrected chi connectivity index (χ4v) is 1.42. The molecule has 2 N–H and O–H groups in total. The number of nitrogens with one attached hydrogen (secondary N) is 2. The van der Waals surface area contributed by atoms with Crippen LogP contribution in [0, 0.1) is 0 Å². The number of hydrogen-bond acceptors (Lipinski definition) is 3. The Kier molecular flexibility index (Phi) is 4.76. The van der Waals surface area contributed by atoms with Gasteiger partial charge in [-0.3, -0.25) is 4.79 Å². The highest BCUT2D eigenvalue weighted by atomic mass is 16.6. The van der Waals surface area contributed by atoms with Crippen LogP contribution in [0.3, 0.4) is 0 Å². The van der Waals surface area contributed by atoms with Crippen LogP contribution in [-0.4, -0.2) is 23.1 Å². The fraction of sp³-hybridized carbons (Fsp3) is 0.467. The third-order valence-corrected chi connectivity index (χ3v) is 2.41. The molecule has 2 amide bonds. The molecule has 0 bridgehead atoms. The second-order valence-electron chi connectivity index (χ2n) is 6.07. The molecule has 0 saturated carbocycles. The number of carbonyl (C=O) groups is 2. The topological polar surface area (TPSA) is 67.4 Å². The van der Waals surface area contributed by atoms with E-state index in [-0.39, 0.29) is 5.91 Å². The van der Waals surface area contributed by atoms with Crippen LogP contribution in [-0.2, 0) is 9.53 Å². The van der Waals surface area contributed by atoms with Gasteiger partial charge in [-0.25, -0.2) is 4.79 Å². The number of ether oxygens (including phenoxy) is 1. The van der Waals surface area contributed by atoms with Gasteiger partial charge in [-0.2, -0.15) is 0 Å². The fourth-order valence-electron chi connectivity index (χ4n) is 1.42. The summed E-state index contributed by atoms with van der Waals surface area (Å²) in [5.74, 6) is -0.311. The van der Waals surface area contributed by atoms with Gasteiger partial charge in [0, 0.05) is 5.69 Å². The standard InChI is InChI=1S/C15H22N2O3/c1-14(2,3)20-13(19)17-15(4,5)12(18)16-11-9-7-6-8-10-11/h6-10H,1-5H3,(H,16,18)(H,17,19). The van der Waals surface area contributed by atoms with Gasteiger partial charge in [0.1, 0.15) is 11.1 Å². The van der Waals surface area contributed by atoms with Crippen LogP contribution in [0.4, 0.5) is 10.5 Å². The van der Waals surface area contributed by atoms with Crippen molar-refractivity contribution in [3.63, 3.8) is 0 Å². The van der Waals surface area contributed by atoms with Gasteiger partial charge in [-0.1, -0.05) is 18.2 Å². The quantitative estimate of drug-likeness (QED) is 0.893. The predicted molar refractivity (Wildman–Crippen MR) is 78.5 cm³/mol. The highest BCUT2D eigenvalue weighted by molar-refractivity contribution is 5.99. The van der Waals surface area contributed by atoms with Crippen molar-refractivity contribution < 1.29 is 14.3 Å². The van der Waals surface area contributed by atoms with Crippen molar-refractivity contribution in [2.24, 2.45) is 0 Å². The first-order chi connectivity index (χ1) is 9.10. The van der Waals surface area contributed by atoms with Crippen LogP contribution in [0.5, 0.6) is 0 Å². The maximum Gasteiger partial charge on any atom is 0.408 e. The summed E-state index contributed by atoms with van der Waals surface area (Å²) in [7, 11) is 0. The van der Waals surface area contributed by atoms with Crippen molar-refractivity contribution in [3.8, 4) is 0 Å². The third kappa shape index (κ3) is 5.30. The molecule has 0 aromatic heterocycles. The highest BCUT2D eigenvalue weighted by Gasteiger charge is 2.31. The zero-order chi connectivity index (χ0) is 15.4. The van der Waals surface area contributed by atoms with Gasteiger partial charge in [-0.15, -0.1) is 0 Å². The molecule has 1 aromatic rings. The van der Waals surface area contributed by atoms with Gasteiger partial charge in [0.05, 0.1) is 0 Å². The molecule has 0 unspecified atom stereocenters. The molecule has 1 aromatic carbocycles. The first kappa shape index (κ1) is 16.0. The minimum atomic E-state index is -1.07. The van der Waals surface area contributed by atoms with Gasteiger partial charge in [0.2, 0.25) is 5.91 Å². The van der Waals surface area contributed by atoms with Crippen LogP contribution in [0.1, 0.15) is 34.6 Å². The van der Waals surface area contributed by atoms with E-state index in [1.807, 2.05) is 18.2 Å². The van der Waals surface area contributed by atoms with Crippen molar-refractivity contribution in [1.29, 1.82) is 0 Å². The Morgan fingerprint density at radius 2 is 1.55 bits per heavy atom. The van der Waals surface area contributed by atoms with Gasteiger partial charge in [0.15, 0.2) is 0 Å². The first-order valence-corrected chi connectivity index (χ1v) is 6.48. The van der Waals surface area contributed by atoms with Crippen molar-refractivity contribution in [3.05, 3.63) is 30.3 Å². The summed E-state index contributed by atoms with van der Waals surface area (Å²) in [6.45, 7) is 8.54. The van der Waals surface area contributed by atoms with Crippen LogP contribution < -0.4 is 10.6 Å². The van der Waals surface area contributed by atoms with Crippen LogP contribution in [0.15, 0.2) is 30.3 Å². The maximum atomic E-state index is 12.2. The number of para-hydroxylation sites is 1. The molecular weight excluding hydrogens is 256 g/mol. The second kappa shape index (κ2) is 5.94. The Labute approximate surface area is 119 Å². The molecule has 0 spiro atoms. The Morgan fingerprint density at radius 3 is 2.05 bits per heavy atom. The van der Waals surface area contributed by atoms with E-state index in [4.69, 9.17) is 4.74 Å². The van der Waals surface area contributed by atoms with Gasteiger partial charge >= 0.3 is 6.09 Å². The lowest BCUT2D eigenvalue weighted by Gasteiger charge is -2.27. The normalized spacial score (nSPS) is 11.7. The summed E-state index contributed by atoms with van der Waals surface area (Å²) >= 11 is 0. The molecular formula is C15H22N2O3. The van der Waals surface area contributed by atoms with E-state index in [1.54, 1.807) is 46.8 Å². The number of rotatable bonds is 3. The summed E-state index contributed by atoms with van der Waals surface area (Å²) in [6, 6.07) is 9.07. The zero-order valence-electron chi connectivity index (χ0n) is 12.6. The Morgan fingerprint density at radius 1 is 1.00 bits per heavy atom. The molecule has 0 fully saturated rings. The van der Waals surface area contributed by atoms with E-state index >= 15 is 0 Å². The average molecular weight is 278 g/mol. The van der Waals surface area contributed by atoms with Crippen LogP contribution in [0.2, 0.25) is 0 Å². The van der Waals surface area contributed by atoms with Crippen molar-refractivity contribution in [1.82, 2.24) is 5.32 Å². The number of carbonyl (C=O) groups excluding carboxylic acids is 2. The summed E-state index contributed by atoms with van der Waals surface area (Å²) in [5.41, 5.74) is -0.995. The molecule has 0 heterocycles. The molecule has 0 radical (unpaired) electrons. The van der Waals surface area contributed by atoms with E-state index in [1.165, 1.54) is 0 Å². The summed E-state index contributed by atoms with van der Waals surface area (Å²) in [5, 5.41) is 5.30. The van der Waals surface area contributed by atoms with Gasteiger partial charge in [-0.05, 0) is 46.8 Å². The van der Waals surface area contributed by atoms with Gasteiger partial charge in [0.25, 0.3) is 0 Å². The Hall–Kier alpha value is -2.04. The Balaban J connectivity index is 2.64. The summed E-state index contributed by atoms with van der Waals surface area (Å²) in [4.78, 5) is 23.9. The molecule has 0 aliphatic carbocycles. The largest absolute Gasteiger partial charge is 0.444 e. The number of amides is 2. The van der Waals surface area contributed by atoms with E-state index in [0.717, 1.165) is 0 Å². The summed E-state index contributed by atoms with van der Waals surface area (Å²) in [6.07, 6.45) is -0.620. The van der Waals surface area contributed by atoms with E-state index in [2.05, 4.69) is 10.6 Å². The molecule has 5 heteroatoms. The predicted octanol–water partition coefficient (Wildman–Crippen LogP) is 2.93. The molecule has 5 nitrogen and oxygen atoms in total. The van der Waals surface area contributed by atoms with Crippen LogP contribution >= 0.6 is 0 Å². The Bertz CT molecular complexity index is 476. The average Bonchev–Trinajstić information content (AvgIpc) is 2.26. The minimum absolute atomic E-state index is 0.311. The van der Waals surface area contributed by atoms with E-state index < -0.39 is 17.2 Å². The molecule has 0 aliphatic rings. The first-order valence-electron chi connectivity index (χ1n) is 6.48. The molecule has 1 rings (SSSR count). The minimum Gasteiger partial charge on any atom is -0.444 e. The molecule has 0 atom stereocenters. The second-order valence-corrected chi connectivity index (χ2v) is 6.07. The number of benzene rings is 1. The van der Waals surface area contributed by atoms with Crippen LogP contribution in [0.25, 0.3) is 0 Å². The number of hydrogen-bond donors (Lipinski definition) is 2. The SMILES string of the molecule is CC(C)(C)OC(=O)NC(C)(C)C(=O)Nc1ccccc1. The lowest BCUT2D eigenvalue weighted by molar-refractivity contribution is -0.121. The zero-order valence-corrected chi connectivity index (χ0v) is 12.6. The van der Waals surface area contributed by atoms with Crippen molar-refractivity contribution in [2.45, 2.75) is 45.8 Å². The number of anilines is 1. The molecule has 110 valence electrons. The molecule has 20 heavy (non-hydrogen) atoms. The van der Waals surface area contributed by atoms with Crippen molar-refractivity contribution in [2.75, 3.05) is 5.32 Å². The lowest BCUT2D eigenvalue weighted by atomic mass is 10.0. The third-order valence-electron chi connectivity index (χ3n) is 2.41. The monoisotopic (exact) mass is 278 g/mol. The smallest absolute Gasteiger partial charge is 0.408 e. The molecule has 0 aliphatic heterocycles. The van der Waals surface area contributed by atoms with Gasteiger partial charge < -0.3 is 15.4 Å².